The molecule has 13 heteroatoms. The zero-order chi connectivity index (χ0) is 26.9. The Kier molecular flexibility index (Phi) is 6.91. The van der Waals surface area contributed by atoms with Crippen molar-refractivity contribution < 1.29 is 9.59 Å². The number of aryl methyl sites for hydroxylation is 1. The number of carbonyl (C=O) groups excluding carboxylic acids is 2. The normalized spacial score (nSPS) is 16.4. The SMILES string of the molecule is Cc1ccc(N=C2NC(=O)c3c(Cl)c(Cl)c(Cl)c(Cl)c32)cc1N=C1NC(=O)c2c(Cl)c(C)c(Cl)c(Cl)c21. The fourth-order valence-corrected chi connectivity index (χ4v) is 5.82. The summed E-state index contributed by atoms with van der Waals surface area (Å²) in [7, 11) is 0. The van der Waals surface area contributed by atoms with Crippen LogP contribution in [0.15, 0.2) is 28.2 Å². The minimum atomic E-state index is -0.518. The minimum Gasteiger partial charge on any atom is -0.306 e. The Morgan fingerprint density at radius 3 is 1.68 bits per heavy atom. The summed E-state index contributed by atoms with van der Waals surface area (Å²) in [6, 6.07) is 5.14. The van der Waals surface area contributed by atoms with E-state index in [4.69, 9.17) is 81.2 Å². The molecule has 2 aliphatic rings. The van der Waals surface area contributed by atoms with Gasteiger partial charge in [0.15, 0.2) is 0 Å². The van der Waals surface area contributed by atoms with Crippen LogP contribution >= 0.6 is 81.2 Å². The molecule has 2 heterocycles. The number of nitrogens with zero attached hydrogens (tertiary/aromatic N) is 2. The Labute approximate surface area is 245 Å². The molecule has 0 fully saturated rings. The van der Waals surface area contributed by atoms with Crippen molar-refractivity contribution >= 4 is 116 Å². The molecule has 188 valence electrons. The van der Waals surface area contributed by atoms with E-state index >= 15 is 0 Å². The van der Waals surface area contributed by atoms with Crippen LogP contribution in [-0.4, -0.2) is 23.5 Å². The molecule has 2 aliphatic heterocycles. The number of benzene rings is 3. The number of carbonyl (C=O) groups is 2. The second kappa shape index (κ2) is 9.62. The third-order valence-electron chi connectivity index (χ3n) is 5.86. The van der Waals surface area contributed by atoms with Crippen molar-refractivity contribution in [3.8, 4) is 0 Å². The van der Waals surface area contributed by atoms with E-state index in [0.717, 1.165) is 5.56 Å². The predicted molar refractivity (Wildman–Crippen MR) is 151 cm³/mol. The molecule has 3 aromatic carbocycles. The van der Waals surface area contributed by atoms with Crippen LogP contribution < -0.4 is 10.6 Å². The molecular weight excluding hydrogens is 624 g/mol. The third-order valence-corrected chi connectivity index (χ3v) is 9.09. The van der Waals surface area contributed by atoms with E-state index in [1.165, 1.54) is 0 Å². The monoisotopic (exact) mass is 632 g/mol. The summed E-state index contributed by atoms with van der Waals surface area (Å²) >= 11 is 44.1. The van der Waals surface area contributed by atoms with Gasteiger partial charge >= 0.3 is 0 Å². The lowest BCUT2D eigenvalue weighted by Crippen LogP contribution is -2.21. The number of aliphatic imine (C=N–C) groups is 2. The number of amidine groups is 2. The predicted octanol–water partition coefficient (Wildman–Crippen LogP) is 8.52. The molecule has 3 aromatic rings. The standard InChI is InChI=1S/C24H11Cl7N4O2/c1-6-3-4-8(32-21-11-13(24(37)34-21)18(29)20(31)19(30)17(11)28)5-9(6)33-22-10-12(23(36)35-22)14(25)7(2)15(26)16(10)27/h3-5H,1-2H3,(H,32,34,37)(H,33,35,36). The molecule has 37 heavy (non-hydrogen) atoms. The van der Waals surface area contributed by atoms with Gasteiger partial charge in [-0.2, -0.15) is 0 Å². The van der Waals surface area contributed by atoms with Gasteiger partial charge < -0.3 is 10.6 Å². The minimum absolute atomic E-state index is 0.00681. The second-order valence-electron chi connectivity index (χ2n) is 8.12. The molecule has 0 aromatic heterocycles. The zero-order valence-corrected chi connectivity index (χ0v) is 23.9. The van der Waals surface area contributed by atoms with Crippen LogP contribution in [0.25, 0.3) is 0 Å². The highest BCUT2D eigenvalue weighted by molar-refractivity contribution is 6.55. The lowest BCUT2D eigenvalue weighted by Gasteiger charge is -2.10. The average Bonchev–Trinajstić information content (AvgIpc) is 3.36. The van der Waals surface area contributed by atoms with Crippen molar-refractivity contribution in [1.29, 1.82) is 0 Å². The number of fused-ring (bicyclic) bond motifs is 2. The molecular formula is C24H11Cl7N4O2. The Morgan fingerprint density at radius 1 is 0.595 bits per heavy atom. The Bertz CT molecular complexity index is 1660. The maximum absolute atomic E-state index is 12.7. The van der Waals surface area contributed by atoms with Crippen LogP contribution in [0.2, 0.25) is 35.2 Å². The smallest absolute Gasteiger partial charge is 0.259 e. The van der Waals surface area contributed by atoms with Gasteiger partial charge in [0.05, 0.1) is 68.8 Å². The van der Waals surface area contributed by atoms with Crippen LogP contribution in [0.1, 0.15) is 43.0 Å². The summed E-state index contributed by atoms with van der Waals surface area (Å²) in [6.07, 6.45) is 0. The first-order valence-corrected chi connectivity index (χ1v) is 13.0. The largest absolute Gasteiger partial charge is 0.306 e. The van der Waals surface area contributed by atoms with E-state index in [9.17, 15) is 9.59 Å². The second-order valence-corrected chi connectivity index (χ2v) is 10.8. The molecule has 0 bridgehead atoms. The number of rotatable bonds is 2. The first-order valence-electron chi connectivity index (χ1n) is 10.4. The molecule has 0 aliphatic carbocycles. The lowest BCUT2D eigenvalue weighted by atomic mass is 10.1. The highest BCUT2D eigenvalue weighted by Crippen LogP contribution is 2.44. The summed E-state index contributed by atoms with van der Waals surface area (Å²) in [5, 5.41) is 5.94. The quantitative estimate of drug-likeness (QED) is 0.219. The third kappa shape index (κ3) is 4.20. The maximum Gasteiger partial charge on any atom is 0.259 e. The van der Waals surface area contributed by atoms with Crippen LogP contribution in [0.5, 0.6) is 0 Å². The van der Waals surface area contributed by atoms with E-state index < -0.39 is 11.8 Å². The van der Waals surface area contributed by atoms with Gasteiger partial charge in [-0.3, -0.25) is 9.59 Å². The van der Waals surface area contributed by atoms with Crippen molar-refractivity contribution in [1.82, 2.24) is 10.6 Å². The summed E-state index contributed by atoms with van der Waals surface area (Å²) in [4.78, 5) is 34.4. The first kappa shape index (κ1) is 26.6. The highest BCUT2D eigenvalue weighted by atomic mass is 35.5. The fraction of sp³-hybridized carbons (Fsp3) is 0.0833. The van der Waals surface area contributed by atoms with E-state index in [1.807, 2.05) is 6.92 Å². The summed E-state index contributed by atoms with van der Waals surface area (Å²) in [5.41, 5.74) is 2.99. The van der Waals surface area contributed by atoms with Gasteiger partial charge in [0.1, 0.15) is 11.7 Å². The molecule has 0 saturated heterocycles. The van der Waals surface area contributed by atoms with Crippen LogP contribution in [-0.2, 0) is 0 Å². The molecule has 0 unspecified atom stereocenters. The van der Waals surface area contributed by atoms with Gasteiger partial charge in [0, 0.05) is 0 Å². The highest BCUT2D eigenvalue weighted by Gasteiger charge is 2.35. The lowest BCUT2D eigenvalue weighted by molar-refractivity contribution is 0.0975. The van der Waals surface area contributed by atoms with Gasteiger partial charge in [0.2, 0.25) is 0 Å². The molecule has 0 saturated carbocycles. The molecule has 0 atom stereocenters. The van der Waals surface area contributed by atoms with Crippen LogP contribution in [0.4, 0.5) is 11.4 Å². The maximum atomic E-state index is 12.7. The van der Waals surface area contributed by atoms with Gasteiger partial charge in [-0.25, -0.2) is 9.98 Å². The van der Waals surface area contributed by atoms with Crippen molar-refractivity contribution in [3.05, 3.63) is 86.7 Å². The Hall–Kier alpha value is -2.03. The van der Waals surface area contributed by atoms with Crippen molar-refractivity contribution in [2.45, 2.75) is 13.8 Å². The summed E-state index contributed by atoms with van der Waals surface area (Å²) < 4.78 is 0. The number of amides is 2. The zero-order valence-electron chi connectivity index (χ0n) is 18.6. The first-order chi connectivity index (χ1) is 17.4. The Morgan fingerprint density at radius 2 is 1.08 bits per heavy atom. The summed E-state index contributed by atoms with van der Waals surface area (Å²) in [5.74, 6) is -0.625. The number of halogens is 7. The van der Waals surface area contributed by atoms with Crippen LogP contribution in [0.3, 0.4) is 0 Å². The van der Waals surface area contributed by atoms with Gasteiger partial charge in [0.25, 0.3) is 11.8 Å². The molecule has 2 N–H and O–H groups in total. The molecule has 0 spiro atoms. The van der Waals surface area contributed by atoms with Gasteiger partial charge in [-0.05, 0) is 37.1 Å². The molecule has 6 nitrogen and oxygen atoms in total. The van der Waals surface area contributed by atoms with Crippen molar-refractivity contribution in [3.63, 3.8) is 0 Å². The van der Waals surface area contributed by atoms with Gasteiger partial charge in [-0.1, -0.05) is 87.3 Å². The number of nitrogens with one attached hydrogen (secondary N) is 2. The van der Waals surface area contributed by atoms with E-state index in [-0.39, 0.29) is 63.5 Å². The molecule has 2 amide bonds. The van der Waals surface area contributed by atoms with E-state index in [2.05, 4.69) is 20.6 Å². The number of hydrogen-bond acceptors (Lipinski definition) is 4. The fourth-order valence-electron chi connectivity index (χ4n) is 3.95. The van der Waals surface area contributed by atoms with Gasteiger partial charge in [-0.15, -0.1) is 0 Å². The Balaban J connectivity index is 1.63. The topological polar surface area (TPSA) is 82.9 Å². The van der Waals surface area contributed by atoms with E-state index in [0.29, 0.717) is 22.5 Å². The summed E-state index contributed by atoms with van der Waals surface area (Å²) in [6.45, 7) is 3.50. The average molecular weight is 636 g/mol. The van der Waals surface area contributed by atoms with Crippen molar-refractivity contribution in [2.24, 2.45) is 9.98 Å². The van der Waals surface area contributed by atoms with E-state index in [1.54, 1.807) is 25.1 Å². The molecule has 0 radical (unpaired) electrons. The molecule has 5 rings (SSSR count). The van der Waals surface area contributed by atoms with Crippen molar-refractivity contribution in [2.75, 3.05) is 0 Å². The number of hydrogen-bond donors (Lipinski definition) is 2. The van der Waals surface area contributed by atoms with Crippen LogP contribution in [0, 0.1) is 13.8 Å².